The number of fused-ring (bicyclic) bond motifs is 3. The van der Waals surface area contributed by atoms with Gasteiger partial charge in [-0.15, -0.1) is 0 Å². The van der Waals surface area contributed by atoms with Crippen molar-refractivity contribution in [3.63, 3.8) is 0 Å². The van der Waals surface area contributed by atoms with E-state index in [2.05, 4.69) is 17.3 Å². The number of aryl methyl sites for hydroxylation is 1. The minimum Gasteiger partial charge on any atom is -0.497 e. The van der Waals surface area contributed by atoms with Gasteiger partial charge in [-0.05, 0) is 36.1 Å². The highest BCUT2D eigenvalue weighted by atomic mass is 16.6. The molecule has 0 N–H and O–H groups in total. The smallest absolute Gasteiger partial charge is 0.160 e. The van der Waals surface area contributed by atoms with Gasteiger partial charge in [-0.3, -0.25) is 0 Å². The summed E-state index contributed by atoms with van der Waals surface area (Å²) in [6.07, 6.45) is 4.27. The minimum atomic E-state index is 0.139. The molecule has 1 aromatic carbocycles. The van der Waals surface area contributed by atoms with Crippen LogP contribution >= 0.6 is 0 Å². The fraction of sp³-hybridized carbons (Fsp3) is 0.417. The van der Waals surface area contributed by atoms with Crippen LogP contribution in [0.5, 0.6) is 5.75 Å². The number of hydrogen-bond donors (Lipinski definition) is 0. The van der Waals surface area contributed by atoms with Gasteiger partial charge in [-0.25, -0.2) is 0 Å². The molecule has 1 aliphatic heterocycles. The lowest BCUT2D eigenvalue weighted by molar-refractivity contribution is 0.0541. The molecule has 1 aliphatic carbocycles. The summed E-state index contributed by atoms with van der Waals surface area (Å²) in [5.74, 6) is 1.39. The highest BCUT2D eigenvalue weighted by Gasteiger charge is 2.33. The van der Waals surface area contributed by atoms with E-state index in [9.17, 15) is 0 Å². The van der Waals surface area contributed by atoms with Gasteiger partial charge < -0.3 is 9.57 Å². The lowest BCUT2D eigenvalue weighted by Gasteiger charge is -2.25. The van der Waals surface area contributed by atoms with E-state index in [0.29, 0.717) is 5.92 Å². The number of hydrogen-bond acceptors (Lipinski definition) is 3. The number of methoxy groups -OCH3 is 1. The molecule has 1 heterocycles. The van der Waals surface area contributed by atoms with Crippen LogP contribution in [0.3, 0.4) is 0 Å². The lowest BCUT2D eigenvalue weighted by atomic mass is 9.82. The van der Waals surface area contributed by atoms with E-state index in [4.69, 9.17) is 9.57 Å². The van der Waals surface area contributed by atoms with Crippen molar-refractivity contribution in [2.24, 2.45) is 11.1 Å². The van der Waals surface area contributed by atoms with Gasteiger partial charge in [0, 0.05) is 5.92 Å². The Balaban J connectivity index is 2.01. The molecular formula is C12H13NO2. The molecular weight excluding hydrogens is 190 g/mol. The van der Waals surface area contributed by atoms with Crippen LogP contribution in [0, 0.1) is 5.92 Å². The largest absolute Gasteiger partial charge is 0.497 e. The van der Waals surface area contributed by atoms with Crippen LogP contribution in [0.25, 0.3) is 0 Å². The molecule has 0 fully saturated rings. The van der Waals surface area contributed by atoms with E-state index in [0.717, 1.165) is 18.6 Å². The van der Waals surface area contributed by atoms with E-state index in [1.165, 1.54) is 11.1 Å². The number of ether oxygens (including phenoxy) is 1. The van der Waals surface area contributed by atoms with Crippen LogP contribution < -0.4 is 4.74 Å². The predicted octanol–water partition coefficient (Wildman–Crippen LogP) is 2.31. The molecule has 0 bridgehead atoms. The predicted molar refractivity (Wildman–Crippen MR) is 57.1 cm³/mol. The molecule has 2 aliphatic rings. The normalized spacial score (nSPS) is 26.7. The van der Waals surface area contributed by atoms with Gasteiger partial charge >= 0.3 is 0 Å². The number of rotatable bonds is 1. The third-order valence-electron chi connectivity index (χ3n) is 3.22. The van der Waals surface area contributed by atoms with Gasteiger partial charge in [0.25, 0.3) is 0 Å². The van der Waals surface area contributed by atoms with Gasteiger partial charge in [0.15, 0.2) is 6.10 Å². The molecule has 15 heavy (non-hydrogen) atoms. The van der Waals surface area contributed by atoms with E-state index in [1.54, 1.807) is 7.11 Å². The number of benzene rings is 1. The Labute approximate surface area is 88.7 Å². The SMILES string of the molecule is COc1ccc2c(c1)CC[C@H]1C=NO[C@H]21. The first kappa shape index (κ1) is 8.77. The molecule has 3 heteroatoms. The summed E-state index contributed by atoms with van der Waals surface area (Å²) in [4.78, 5) is 5.39. The van der Waals surface area contributed by atoms with E-state index in [-0.39, 0.29) is 6.10 Å². The third kappa shape index (κ3) is 1.30. The van der Waals surface area contributed by atoms with Crippen LogP contribution in [0.4, 0.5) is 0 Å². The van der Waals surface area contributed by atoms with Crippen LogP contribution in [-0.2, 0) is 11.3 Å². The fourth-order valence-electron chi connectivity index (χ4n) is 2.37. The molecule has 78 valence electrons. The molecule has 1 aromatic rings. The zero-order valence-electron chi connectivity index (χ0n) is 8.64. The van der Waals surface area contributed by atoms with E-state index < -0.39 is 0 Å². The number of oxime groups is 1. The second-order valence-corrected chi connectivity index (χ2v) is 4.05. The molecule has 0 saturated carbocycles. The maximum absolute atomic E-state index is 5.39. The van der Waals surface area contributed by atoms with Crippen molar-refractivity contribution in [2.45, 2.75) is 18.9 Å². The molecule has 0 amide bonds. The molecule has 2 atom stereocenters. The van der Waals surface area contributed by atoms with Crippen molar-refractivity contribution in [1.82, 2.24) is 0 Å². The third-order valence-corrected chi connectivity index (χ3v) is 3.22. The molecule has 0 unspecified atom stereocenters. The number of nitrogens with zero attached hydrogens (tertiary/aromatic N) is 1. The second kappa shape index (κ2) is 3.26. The average molecular weight is 203 g/mol. The van der Waals surface area contributed by atoms with Crippen molar-refractivity contribution in [2.75, 3.05) is 7.11 Å². The fourth-order valence-corrected chi connectivity index (χ4v) is 2.37. The lowest BCUT2D eigenvalue weighted by Crippen LogP contribution is -2.18. The Hall–Kier alpha value is -1.51. The van der Waals surface area contributed by atoms with Crippen molar-refractivity contribution in [3.05, 3.63) is 29.3 Å². The Morgan fingerprint density at radius 1 is 1.47 bits per heavy atom. The summed E-state index contributed by atoms with van der Waals surface area (Å²) < 4.78 is 5.22. The molecule has 0 aromatic heterocycles. The topological polar surface area (TPSA) is 30.8 Å². The summed E-state index contributed by atoms with van der Waals surface area (Å²) >= 11 is 0. The first-order chi connectivity index (χ1) is 7.38. The van der Waals surface area contributed by atoms with Crippen molar-refractivity contribution in [3.8, 4) is 5.75 Å². The van der Waals surface area contributed by atoms with Gasteiger partial charge in [0.2, 0.25) is 0 Å². The van der Waals surface area contributed by atoms with Crippen molar-refractivity contribution in [1.29, 1.82) is 0 Å². The summed E-state index contributed by atoms with van der Waals surface area (Å²) in [6.45, 7) is 0. The molecule has 3 nitrogen and oxygen atoms in total. The monoisotopic (exact) mass is 203 g/mol. The second-order valence-electron chi connectivity index (χ2n) is 4.05. The molecule has 3 rings (SSSR count). The standard InChI is InChI=1S/C12H13NO2/c1-14-10-4-5-11-8(6-10)2-3-9-7-13-15-12(9)11/h4-7,9,12H,2-3H2,1H3/t9-,12-/m0/s1. The summed E-state index contributed by atoms with van der Waals surface area (Å²) in [7, 11) is 1.70. The van der Waals surface area contributed by atoms with Crippen LogP contribution in [0.2, 0.25) is 0 Å². The van der Waals surface area contributed by atoms with Gasteiger partial charge in [-0.1, -0.05) is 11.2 Å². The Bertz CT molecular complexity index is 414. The maximum atomic E-state index is 5.39. The zero-order valence-corrected chi connectivity index (χ0v) is 8.64. The van der Waals surface area contributed by atoms with Crippen LogP contribution in [0.15, 0.2) is 23.4 Å². The minimum absolute atomic E-state index is 0.139. The highest BCUT2D eigenvalue weighted by Crippen LogP contribution is 2.40. The molecule has 0 saturated heterocycles. The first-order valence-corrected chi connectivity index (χ1v) is 5.24. The van der Waals surface area contributed by atoms with Gasteiger partial charge in [-0.2, -0.15) is 0 Å². The summed E-state index contributed by atoms with van der Waals surface area (Å²) in [5, 5.41) is 3.91. The van der Waals surface area contributed by atoms with Crippen LogP contribution in [-0.4, -0.2) is 13.3 Å². The average Bonchev–Trinajstić information content (AvgIpc) is 2.76. The Morgan fingerprint density at radius 3 is 3.27 bits per heavy atom. The zero-order chi connectivity index (χ0) is 10.3. The first-order valence-electron chi connectivity index (χ1n) is 5.24. The van der Waals surface area contributed by atoms with E-state index >= 15 is 0 Å². The quantitative estimate of drug-likeness (QED) is 0.701. The van der Waals surface area contributed by atoms with Crippen molar-refractivity contribution < 1.29 is 9.57 Å². The van der Waals surface area contributed by atoms with E-state index in [1.807, 2.05) is 12.3 Å². The Kier molecular flexibility index (Phi) is 1.91. The maximum Gasteiger partial charge on any atom is 0.160 e. The highest BCUT2D eigenvalue weighted by molar-refractivity contribution is 5.64. The molecule has 0 spiro atoms. The van der Waals surface area contributed by atoms with Crippen molar-refractivity contribution >= 4 is 6.21 Å². The summed E-state index contributed by atoms with van der Waals surface area (Å²) in [5.41, 5.74) is 2.60. The van der Waals surface area contributed by atoms with Crippen LogP contribution in [0.1, 0.15) is 23.7 Å². The Morgan fingerprint density at radius 2 is 2.40 bits per heavy atom. The molecule has 0 radical (unpaired) electrons. The van der Waals surface area contributed by atoms with Gasteiger partial charge in [0.05, 0.1) is 13.3 Å². The summed E-state index contributed by atoms with van der Waals surface area (Å²) in [6, 6.07) is 6.19. The van der Waals surface area contributed by atoms with Gasteiger partial charge in [0.1, 0.15) is 5.75 Å².